The molecule has 0 saturated heterocycles. The van der Waals surface area contributed by atoms with Crippen LogP contribution in [0.2, 0.25) is 5.02 Å². The number of carbonyl (C=O) groups is 2. The molecule has 134 valence electrons. The summed E-state index contributed by atoms with van der Waals surface area (Å²) in [7, 11) is 0. The summed E-state index contributed by atoms with van der Waals surface area (Å²) < 4.78 is 6.59. The van der Waals surface area contributed by atoms with Gasteiger partial charge in [-0.3, -0.25) is 14.2 Å². The maximum absolute atomic E-state index is 11.9. The monoisotopic (exact) mass is 382 g/mol. The first-order valence-corrected chi connectivity index (χ1v) is 9.17. The number of hydrogen-bond acceptors (Lipinski definition) is 6. The van der Waals surface area contributed by atoms with Crippen LogP contribution in [0.3, 0.4) is 0 Å². The Hall–Kier alpha value is -2.06. The average molecular weight is 383 g/mol. The minimum absolute atomic E-state index is 0.130. The van der Waals surface area contributed by atoms with Crippen molar-refractivity contribution in [3.63, 3.8) is 0 Å². The Morgan fingerprint density at radius 3 is 3.00 bits per heavy atom. The lowest BCUT2D eigenvalue weighted by Gasteiger charge is -2.07. The minimum Gasteiger partial charge on any atom is -0.466 e. The van der Waals surface area contributed by atoms with Gasteiger partial charge in [-0.25, -0.2) is 0 Å². The van der Waals surface area contributed by atoms with E-state index < -0.39 is 0 Å². The summed E-state index contributed by atoms with van der Waals surface area (Å²) in [5.74, 6) is -0.172. The maximum Gasteiger partial charge on any atom is 0.305 e. The number of carbonyl (C=O) groups excluding carboxylic acids is 2. The molecule has 0 saturated carbocycles. The second kappa shape index (κ2) is 10.0. The first kappa shape index (κ1) is 19.3. The van der Waals surface area contributed by atoms with Gasteiger partial charge in [-0.05, 0) is 31.5 Å². The van der Waals surface area contributed by atoms with Gasteiger partial charge in [-0.15, -0.1) is 10.2 Å². The number of nitrogens with zero attached hydrogens (tertiary/aromatic N) is 3. The molecule has 0 bridgehead atoms. The van der Waals surface area contributed by atoms with Crippen LogP contribution in [0.25, 0.3) is 5.69 Å². The molecule has 0 fully saturated rings. The molecule has 0 spiro atoms. The number of aromatic nitrogens is 3. The van der Waals surface area contributed by atoms with E-state index in [2.05, 4.69) is 15.5 Å². The molecule has 25 heavy (non-hydrogen) atoms. The first-order valence-electron chi connectivity index (χ1n) is 7.81. The van der Waals surface area contributed by atoms with Crippen LogP contribution in [0.4, 0.5) is 0 Å². The van der Waals surface area contributed by atoms with Gasteiger partial charge in [0.1, 0.15) is 6.33 Å². The van der Waals surface area contributed by atoms with Crippen molar-refractivity contribution in [3.8, 4) is 5.69 Å². The largest absolute Gasteiger partial charge is 0.466 e. The van der Waals surface area contributed by atoms with E-state index in [0.29, 0.717) is 36.2 Å². The third-order valence-corrected chi connectivity index (χ3v) is 4.30. The Bertz CT molecular complexity index is 723. The molecular formula is C16H19ClN4O3S. The number of esters is 1. The van der Waals surface area contributed by atoms with E-state index in [4.69, 9.17) is 16.3 Å². The molecule has 7 nitrogen and oxygen atoms in total. The van der Waals surface area contributed by atoms with Gasteiger partial charge in [0, 0.05) is 18.0 Å². The Morgan fingerprint density at radius 1 is 1.40 bits per heavy atom. The number of ether oxygens (including phenoxy) is 1. The third kappa shape index (κ3) is 6.39. The standard InChI is InChI=1S/C16H19ClN4O3S/c1-2-24-15(23)7-4-8-18-14(22)10-25-16-20-19-11-21(16)13-6-3-5-12(17)9-13/h3,5-6,9,11H,2,4,7-8,10H2,1H3,(H,18,22). The van der Waals surface area contributed by atoms with Crippen molar-refractivity contribution in [1.29, 1.82) is 0 Å². The molecule has 1 N–H and O–H groups in total. The Kier molecular flexibility index (Phi) is 7.75. The van der Waals surface area contributed by atoms with E-state index in [-0.39, 0.29) is 17.6 Å². The topological polar surface area (TPSA) is 86.1 Å². The zero-order valence-electron chi connectivity index (χ0n) is 13.8. The summed E-state index contributed by atoms with van der Waals surface area (Å²) in [5.41, 5.74) is 0.829. The maximum atomic E-state index is 11.9. The van der Waals surface area contributed by atoms with Crippen LogP contribution >= 0.6 is 23.4 Å². The summed E-state index contributed by atoms with van der Waals surface area (Å²) in [5, 5.41) is 11.9. The van der Waals surface area contributed by atoms with Gasteiger partial charge in [0.05, 0.1) is 18.0 Å². The van der Waals surface area contributed by atoms with Gasteiger partial charge >= 0.3 is 5.97 Å². The number of amides is 1. The predicted octanol–water partition coefficient (Wildman–Crippen LogP) is 2.47. The summed E-state index contributed by atoms with van der Waals surface area (Å²) in [4.78, 5) is 23.1. The average Bonchev–Trinajstić information content (AvgIpc) is 3.06. The molecule has 1 aromatic heterocycles. The van der Waals surface area contributed by atoms with E-state index in [1.165, 1.54) is 11.8 Å². The van der Waals surface area contributed by atoms with Gasteiger partial charge in [0.2, 0.25) is 5.91 Å². The number of rotatable bonds is 9. The molecule has 1 aromatic carbocycles. The molecule has 2 rings (SSSR count). The lowest BCUT2D eigenvalue weighted by Crippen LogP contribution is -2.26. The minimum atomic E-state index is -0.249. The van der Waals surface area contributed by atoms with Crippen LogP contribution in [-0.4, -0.2) is 45.5 Å². The number of benzene rings is 1. The number of halogens is 1. The molecule has 0 aliphatic carbocycles. The van der Waals surface area contributed by atoms with Crippen LogP contribution in [0.15, 0.2) is 35.7 Å². The SMILES string of the molecule is CCOC(=O)CCCNC(=O)CSc1nncn1-c1cccc(Cl)c1. The fourth-order valence-electron chi connectivity index (χ4n) is 2.00. The van der Waals surface area contributed by atoms with Crippen molar-refractivity contribution in [2.75, 3.05) is 18.9 Å². The molecule has 0 unspecified atom stereocenters. The summed E-state index contributed by atoms with van der Waals surface area (Å²) in [6, 6.07) is 7.30. The van der Waals surface area contributed by atoms with E-state index in [1.54, 1.807) is 30.0 Å². The highest BCUT2D eigenvalue weighted by atomic mass is 35.5. The molecule has 0 aliphatic heterocycles. The fourth-order valence-corrected chi connectivity index (χ4v) is 2.94. The van der Waals surface area contributed by atoms with Crippen molar-refractivity contribution in [1.82, 2.24) is 20.1 Å². The van der Waals surface area contributed by atoms with Gasteiger partial charge < -0.3 is 10.1 Å². The third-order valence-electron chi connectivity index (χ3n) is 3.12. The molecule has 2 aromatic rings. The van der Waals surface area contributed by atoms with Gasteiger partial charge in [-0.1, -0.05) is 29.4 Å². The van der Waals surface area contributed by atoms with Crippen LogP contribution < -0.4 is 5.32 Å². The van der Waals surface area contributed by atoms with Crippen molar-refractivity contribution in [3.05, 3.63) is 35.6 Å². The van der Waals surface area contributed by atoms with Crippen LogP contribution in [0, 0.1) is 0 Å². The van der Waals surface area contributed by atoms with Crippen LogP contribution in [0.1, 0.15) is 19.8 Å². The highest BCUT2D eigenvalue weighted by Crippen LogP contribution is 2.21. The summed E-state index contributed by atoms with van der Waals surface area (Å²) in [6.07, 6.45) is 2.42. The molecular weight excluding hydrogens is 364 g/mol. The Morgan fingerprint density at radius 2 is 2.24 bits per heavy atom. The zero-order valence-corrected chi connectivity index (χ0v) is 15.3. The van der Waals surface area contributed by atoms with Gasteiger partial charge in [0.15, 0.2) is 5.16 Å². The van der Waals surface area contributed by atoms with Crippen molar-refractivity contribution in [2.24, 2.45) is 0 Å². The van der Waals surface area contributed by atoms with E-state index in [9.17, 15) is 9.59 Å². The first-order chi connectivity index (χ1) is 12.1. The van der Waals surface area contributed by atoms with E-state index in [1.807, 2.05) is 12.1 Å². The molecule has 0 atom stereocenters. The van der Waals surface area contributed by atoms with Gasteiger partial charge in [0.25, 0.3) is 0 Å². The highest BCUT2D eigenvalue weighted by Gasteiger charge is 2.10. The van der Waals surface area contributed by atoms with Crippen molar-refractivity contribution < 1.29 is 14.3 Å². The number of hydrogen-bond donors (Lipinski definition) is 1. The molecule has 0 radical (unpaired) electrons. The summed E-state index contributed by atoms with van der Waals surface area (Å²) >= 11 is 7.27. The Labute approximate surface area is 155 Å². The Balaban J connectivity index is 1.77. The number of thioether (sulfide) groups is 1. The molecule has 1 amide bonds. The summed E-state index contributed by atoms with van der Waals surface area (Å²) in [6.45, 7) is 2.56. The smallest absolute Gasteiger partial charge is 0.305 e. The second-order valence-electron chi connectivity index (χ2n) is 5.01. The van der Waals surface area contributed by atoms with Crippen molar-refractivity contribution >= 4 is 35.2 Å². The quantitative estimate of drug-likeness (QED) is 0.407. The predicted molar refractivity (Wildman–Crippen MR) is 96.0 cm³/mol. The highest BCUT2D eigenvalue weighted by molar-refractivity contribution is 7.99. The van der Waals surface area contributed by atoms with Crippen LogP contribution in [-0.2, 0) is 14.3 Å². The molecule has 9 heteroatoms. The van der Waals surface area contributed by atoms with Gasteiger partial charge in [-0.2, -0.15) is 0 Å². The second-order valence-corrected chi connectivity index (χ2v) is 6.39. The fraction of sp³-hybridized carbons (Fsp3) is 0.375. The lowest BCUT2D eigenvalue weighted by atomic mass is 10.3. The van der Waals surface area contributed by atoms with E-state index >= 15 is 0 Å². The van der Waals surface area contributed by atoms with Crippen molar-refractivity contribution in [2.45, 2.75) is 24.9 Å². The van der Waals surface area contributed by atoms with Crippen LogP contribution in [0.5, 0.6) is 0 Å². The zero-order chi connectivity index (χ0) is 18.1. The molecule has 1 heterocycles. The molecule has 0 aliphatic rings. The number of nitrogens with one attached hydrogen (secondary N) is 1. The normalized spacial score (nSPS) is 10.5. The lowest BCUT2D eigenvalue weighted by molar-refractivity contribution is -0.143. The van der Waals surface area contributed by atoms with E-state index in [0.717, 1.165) is 5.69 Å².